The van der Waals surface area contributed by atoms with Gasteiger partial charge < -0.3 is 0 Å². The van der Waals surface area contributed by atoms with Crippen molar-refractivity contribution >= 4 is 13.3 Å². The molecule has 1 aromatic rings. The Bertz CT molecular complexity index is 405. The molecule has 0 spiro atoms. The van der Waals surface area contributed by atoms with Crippen LogP contribution in [0.1, 0.15) is 57.4 Å². The quantitative estimate of drug-likeness (QED) is 0.815. The van der Waals surface area contributed by atoms with E-state index in [1.807, 2.05) is 12.1 Å². The Kier molecular flexibility index (Phi) is 4.53. The van der Waals surface area contributed by atoms with Crippen molar-refractivity contribution in [2.45, 2.75) is 57.3 Å². The van der Waals surface area contributed by atoms with E-state index in [0.717, 1.165) is 0 Å². The van der Waals surface area contributed by atoms with Crippen LogP contribution in [0.25, 0.3) is 0 Å². The van der Waals surface area contributed by atoms with Gasteiger partial charge in [-0.3, -0.25) is 0 Å². The highest BCUT2D eigenvalue weighted by molar-refractivity contribution is 7.47. The maximum absolute atomic E-state index is 11.0. The van der Waals surface area contributed by atoms with E-state index < -0.39 is 8.03 Å². The van der Waals surface area contributed by atoms with Crippen molar-refractivity contribution < 1.29 is 9.46 Å². The predicted octanol–water partition coefficient (Wildman–Crippen LogP) is 4.05. The zero-order chi connectivity index (χ0) is 13.0. The van der Waals surface area contributed by atoms with E-state index in [1.165, 1.54) is 50.5 Å². The Balaban J connectivity index is 2.22. The van der Waals surface area contributed by atoms with Crippen LogP contribution >= 0.6 is 8.03 Å². The number of rotatable bonds is 5. The molecule has 1 unspecified atom stereocenters. The Hall–Kier alpha value is -0.720. The highest BCUT2D eigenvalue weighted by Crippen LogP contribution is 2.44. The van der Waals surface area contributed by atoms with Crippen molar-refractivity contribution in [1.29, 1.82) is 0 Å². The maximum Gasteiger partial charge on any atom is 0.546 e. The molecule has 1 N–H and O–H groups in total. The molecule has 0 aliphatic heterocycles. The molecule has 2 rings (SSSR count). The normalized spacial score (nSPS) is 18.9. The van der Waals surface area contributed by atoms with Gasteiger partial charge in [0.15, 0.2) is 0 Å². The summed E-state index contributed by atoms with van der Waals surface area (Å²) >= 11 is 0. The summed E-state index contributed by atoms with van der Waals surface area (Å²) in [6, 6.07) is 7.78. The lowest BCUT2D eigenvalue weighted by atomic mass is 9.75. The lowest BCUT2D eigenvalue weighted by molar-refractivity contribution is 0.391. The zero-order valence-electron chi connectivity index (χ0n) is 11.1. The first-order valence-electron chi connectivity index (χ1n) is 6.95. The van der Waals surface area contributed by atoms with E-state index in [1.54, 1.807) is 0 Å². The summed E-state index contributed by atoms with van der Waals surface area (Å²) < 4.78 is 11.0. The van der Waals surface area contributed by atoms with Crippen LogP contribution in [0.15, 0.2) is 24.3 Å². The van der Waals surface area contributed by atoms with Gasteiger partial charge in [0.25, 0.3) is 0 Å². The number of hydrogen-bond donors (Lipinski definition) is 1. The average molecular weight is 265 g/mol. The second-order valence-corrected chi connectivity index (χ2v) is 6.47. The van der Waals surface area contributed by atoms with Crippen LogP contribution in [0, 0.1) is 0 Å². The summed E-state index contributed by atoms with van der Waals surface area (Å²) in [5, 5.41) is 0.539. The third kappa shape index (κ3) is 2.81. The zero-order valence-corrected chi connectivity index (χ0v) is 12.0. The van der Waals surface area contributed by atoms with Crippen molar-refractivity contribution in [1.82, 2.24) is 0 Å². The number of benzene rings is 1. The number of hydrogen-bond acceptors (Lipinski definition) is 1. The van der Waals surface area contributed by atoms with E-state index in [9.17, 15) is 4.57 Å². The highest BCUT2D eigenvalue weighted by Gasteiger charge is 2.35. The Morgan fingerprint density at radius 1 is 1.22 bits per heavy atom. The van der Waals surface area contributed by atoms with Crippen LogP contribution < -0.4 is 5.30 Å². The van der Waals surface area contributed by atoms with E-state index in [4.69, 9.17) is 4.89 Å². The molecule has 1 aromatic carbocycles. The predicted molar refractivity (Wildman–Crippen MR) is 75.6 cm³/mol. The SMILES string of the molecule is CCCCC1(c2ccc([P+](=O)O)cc2)CCCC1. The van der Waals surface area contributed by atoms with E-state index in [2.05, 4.69) is 19.1 Å². The summed E-state index contributed by atoms with van der Waals surface area (Å²) in [4.78, 5) is 9.09. The van der Waals surface area contributed by atoms with Crippen molar-refractivity contribution in [3.8, 4) is 0 Å². The summed E-state index contributed by atoms with van der Waals surface area (Å²) in [6.07, 6.45) is 8.96. The average Bonchev–Trinajstić information content (AvgIpc) is 2.86. The van der Waals surface area contributed by atoms with Gasteiger partial charge in [0.2, 0.25) is 5.30 Å². The Morgan fingerprint density at radius 3 is 2.33 bits per heavy atom. The van der Waals surface area contributed by atoms with Crippen LogP contribution in [0.4, 0.5) is 0 Å². The van der Waals surface area contributed by atoms with Gasteiger partial charge in [-0.15, -0.1) is 0 Å². The van der Waals surface area contributed by atoms with Crippen LogP contribution in [-0.2, 0) is 9.98 Å². The first kappa shape index (κ1) is 13.7. The molecule has 1 aliphatic rings. The van der Waals surface area contributed by atoms with E-state index in [0.29, 0.717) is 10.7 Å². The van der Waals surface area contributed by atoms with Crippen LogP contribution in [0.3, 0.4) is 0 Å². The third-order valence-electron chi connectivity index (χ3n) is 4.27. The van der Waals surface area contributed by atoms with Gasteiger partial charge in [0, 0.05) is 0 Å². The van der Waals surface area contributed by atoms with E-state index in [-0.39, 0.29) is 0 Å². The molecule has 98 valence electrons. The fourth-order valence-electron chi connectivity index (χ4n) is 3.19. The first-order chi connectivity index (χ1) is 8.68. The monoisotopic (exact) mass is 265 g/mol. The molecule has 18 heavy (non-hydrogen) atoms. The second-order valence-electron chi connectivity index (χ2n) is 5.41. The fourth-order valence-corrected chi connectivity index (χ4v) is 3.60. The first-order valence-corrected chi connectivity index (χ1v) is 8.16. The molecule has 0 bridgehead atoms. The van der Waals surface area contributed by atoms with Crippen LogP contribution in [0.2, 0.25) is 0 Å². The van der Waals surface area contributed by atoms with Gasteiger partial charge in [-0.25, -0.2) is 0 Å². The topological polar surface area (TPSA) is 37.3 Å². The maximum atomic E-state index is 11.0. The van der Waals surface area contributed by atoms with E-state index >= 15 is 0 Å². The molecular formula is C15H22O2P+. The highest BCUT2D eigenvalue weighted by atomic mass is 31.1. The fraction of sp³-hybridized carbons (Fsp3) is 0.600. The minimum atomic E-state index is -2.20. The van der Waals surface area contributed by atoms with Crippen LogP contribution in [0.5, 0.6) is 0 Å². The lowest BCUT2D eigenvalue weighted by Crippen LogP contribution is -2.22. The van der Waals surface area contributed by atoms with Crippen molar-refractivity contribution in [2.24, 2.45) is 0 Å². The molecule has 0 amide bonds. The van der Waals surface area contributed by atoms with Crippen molar-refractivity contribution in [2.75, 3.05) is 0 Å². The number of unbranched alkanes of at least 4 members (excludes halogenated alkanes) is 1. The minimum Gasteiger partial charge on any atom is -0.156 e. The molecule has 0 aromatic heterocycles. The summed E-state index contributed by atoms with van der Waals surface area (Å²) in [7, 11) is -2.20. The summed E-state index contributed by atoms with van der Waals surface area (Å²) in [5.41, 5.74) is 1.71. The molecule has 1 saturated carbocycles. The van der Waals surface area contributed by atoms with Gasteiger partial charge in [-0.2, -0.15) is 4.89 Å². The second kappa shape index (κ2) is 5.95. The molecular weight excluding hydrogens is 243 g/mol. The van der Waals surface area contributed by atoms with Crippen LogP contribution in [-0.4, -0.2) is 4.89 Å². The smallest absolute Gasteiger partial charge is 0.156 e. The molecule has 1 fully saturated rings. The molecule has 0 radical (unpaired) electrons. The largest absolute Gasteiger partial charge is 0.546 e. The van der Waals surface area contributed by atoms with Crippen molar-refractivity contribution in [3.63, 3.8) is 0 Å². The van der Waals surface area contributed by atoms with Crippen molar-refractivity contribution in [3.05, 3.63) is 29.8 Å². The molecule has 2 nitrogen and oxygen atoms in total. The molecule has 0 heterocycles. The molecule has 1 atom stereocenters. The standard InChI is InChI=1S/C15H21O2P/c1-2-3-10-15(11-4-5-12-15)13-6-8-14(9-7-13)18(16)17/h6-9H,2-5,10-12H2,1H3/p+1. The molecule has 1 aliphatic carbocycles. The Morgan fingerprint density at radius 2 is 1.83 bits per heavy atom. The molecule has 3 heteroatoms. The summed E-state index contributed by atoms with van der Waals surface area (Å²) in [5.74, 6) is 0. The minimum absolute atomic E-state index is 0.343. The van der Waals surface area contributed by atoms with Gasteiger partial charge in [0.05, 0.1) is 0 Å². The van der Waals surface area contributed by atoms with Gasteiger partial charge >= 0.3 is 8.03 Å². The Labute approximate surface area is 110 Å². The molecule has 0 saturated heterocycles. The summed E-state index contributed by atoms with van der Waals surface area (Å²) in [6.45, 7) is 2.24. The van der Waals surface area contributed by atoms with Gasteiger partial charge in [-0.05, 0) is 46.9 Å². The third-order valence-corrected chi connectivity index (χ3v) is 5.01. The lowest BCUT2D eigenvalue weighted by Gasteiger charge is -2.29. The van der Waals surface area contributed by atoms with Gasteiger partial charge in [-0.1, -0.05) is 44.7 Å². The van der Waals surface area contributed by atoms with Gasteiger partial charge in [0.1, 0.15) is 0 Å².